The molecule has 4 rings (SSSR count). The predicted molar refractivity (Wildman–Crippen MR) is 92.9 cm³/mol. The third kappa shape index (κ3) is 3.65. The smallest absolute Gasteiger partial charge is 0.318 e. The molecule has 1 saturated heterocycles. The zero-order valence-corrected chi connectivity index (χ0v) is 14.6. The molecular weight excluding hydrogens is 318 g/mol. The molecule has 0 bridgehead atoms. The quantitative estimate of drug-likeness (QED) is 0.874. The van der Waals surface area contributed by atoms with E-state index in [9.17, 15) is 9.59 Å². The molecule has 3 unspecified atom stereocenters. The summed E-state index contributed by atoms with van der Waals surface area (Å²) in [6, 6.07) is 2.12. The minimum absolute atomic E-state index is 0.0161. The van der Waals surface area contributed by atoms with Gasteiger partial charge >= 0.3 is 6.03 Å². The molecule has 0 spiro atoms. The predicted octanol–water partition coefficient (Wildman–Crippen LogP) is 1.82. The fourth-order valence-electron chi connectivity index (χ4n) is 4.12. The molecule has 1 aliphatic heterocycles. The second-order valence-electron chi connectivity index (χ2n) is 7.53. The van der Waals surface area contributed by atoms with E-state index in [2.05, 4.69) is 15.7 Å². The van der Waals surface area contributed by atoms with E-state index in [0.717, 1.165) is 51.4 Å². The highest BCUT2D eigenvalue weighted by atomic mass is 16.2. The van der Waals surface area contributed by atoms with Gasteiger partial charge in [-0.3, -0.25) is 9.48 Å². The lowest BCUT2D eigenvalue weighted by atomic mass is 9.90. The van der Waals surface area contributed by atoms with Gasteiger partial charge in [0.1, 0.15) is 6.04 Å². The third-order valence-corrected chi connectivity index (χ3v) is 5.64. The molecule has 7 heteroatoms. The van der Waals surface area contributed by atoms with Crippen molar-refractivity contribution in [2.24, 2.45) is 0 Å². The first kappa shape index (κ1) is 16.4. The second kappa shape index (κ2) is 7.06. The molecule has 2 N–H and O–H groups in total. The summed E-state index contributed by atoms with van der Waals surface area (Å²) in [4.78, 5) is 27.0. The van der Waals surface area contributed by atoms with Gasteiger partial charge in [0.25, 0.3) is 0 Å². The van der Waals surface area contributed by atoms with E-state index >= 15 is 0 Å². The number of hydrogen-bond donors (Lipinski definition) is 2. The number of nitrogens with one attached hydrogen (secondary N) is 2. The van der Waals surface area contributed by atoms with Gasteiger partial charge in [-0.1, -0.05) is 12.8 Å². The van der Waals surface area contributed by atoms with Crippen molar-refractivity contribution in [3.8, 4) is 0 Å². The Kier molecular flexibility index (Phi) is 4.63. The Balaban J connectivity index is 1.40. The molecule has 0 aromatic carbocycles. The Morgan fingerprint density at radius 3 is 2.60 bits per heavy atom. The van der Waals surface area contributed by atoms with Crippen LogP contribution in [0.15, 0.2) is 18.5 Å². The SMILES string of the molecule is O=C(NC1CC1)C1CCCN1C(=O)NC1CCCCC1n1cccn1. The average molecular weight is 345 g/mol. The van der Waals surface area contributed by atoms with E-state index in [-0.39, 0.29) is 30.1 Å². The molecule has 2 aliphatic carbocycles. The molecule has 3 amide bonds. The topological polar surface area (TPSA) is 79.3 Å². The number of aromatic nitrogens is 2. The van der Waals surface area contributed by atoms with Crippen molar-refractivity contribution in [2.45, 2.75) is 75.5 Å². The third-order valence-electron chi connectivity index (χ3n) is 5.64. The Morgan fingerprint density at radius 1 is 1.00 bits per heavy atom. The summed E-state index contributed by atoms with van der Waals surface area (Å²) in [6.45, 7) is 0.660. The molecule has 2 saturated carbocycles. The Morgan fingerprint density at radius 2 is 1.84 bits per heavy atom. The Bertz CT molecular complexity index is 613. The summed E-state index contributed by atoms with van der Waals surface area (Å²) in [5.74, 6) is 0.0161. The molecule has 3 atom stereocenters. The minimum atomic E-state index is -0.313. The van der Waals surface area contributed by atoms with Crippen molar-refractivity contribution in [3.05, 3.63) is 18.5 Å². The van der Waals surface area contributed by atoms with Gasteiger partial charge in [-0.05, 0) is 44.6 Å². The summed E-state index contributed by atoms with van der Waals surface area (Å²) in [6.07, 6.45) is 11.8. The molecule has 0 radical (unpaired) electrons. The van der Waals surface area contributed by atoms with Crippen LogP contribution in [0.2, 0.25) is 0 Å². The van der Waals surface area contributed by atoms with Gasteiger partial charge < -0.3 is 15.5 Å². The van der Waals surface area contributed by atoms with Crippen LogP contribution in [0, 0.1) is 0 Å². The molecular formula is C18H27N5O2. The monoisotopic (exact) mass is 345 g/mol. The van der Waals surface area contributed by atoms with Crippen molar-refractivity contribution in [2.75, 3.05) is 6.54 Å². The van der Waals surface area contributed by atoms with Crippen LogP contribution >= 0.6 is 0 Å². The van der Waals surface area contributed by atoms with Gasteiger partial charge in [0.05, 0.1) is 12.1 Å². The number of urea groups is 1. The van der Waals surface area contributed by atoms with Crippen LogP contribution in [0.5, 0.6) is 0 Å². The zero-order valence-electron chi connectivity index (χ0n) is 14.6. The van der Waals surface area contributed by atoms with Gasteiger partial charge in [-0.15, -0.1) is 0 Å². The van der Waals surface area contributed by atoms with E-state index in [1.807, 2.05) is 16.9 Å². The van der Waals surface area contributed by atoms with Crippen molar-refractivity contribution >= 4 is 11.9 Å². The van der Waals surface area contributed by atoms with Crippen molar-refractivity contribution in [1.82, 2.24) is 25.3 Å². The van der Waals surface area contributed by atoms with E-state index in [1.165, 1.54) is 0 Å². The molecule has 7 nitrogen and oxygen atoms in total. The highest BCUT2D eigenvalue weighted by Gasteiger charge is 2.38. The minimum Gasteiger partial charge on any atom is -0.352 e. The number of carbonyl (C=O) groups excluding carboxylic acids is 2. The lowest BCUT2D eigenvalue weighted by Gasteiger charge is -2.34. The summed E-state index contributed by atoms with van der Waals surface area (Å²) >= 11 is 0. The summed E-state index contributed by atoms with van der Waals surface area (Å²) in [7, 11) is 0. The van der Waals surface area contributed by atoms with Crippen molar-refractivity contribution < 1.29 is 9.59 Å². The average Bonchev–Trinajstić information content (AvgIpc) is 3.10. The second-order valence-corrected chi connectivity index (χ2v) is 7.53. The van der Waals surface area contributed by atoms with Crippen LogP contribution in [-0.2, 0) is 4.79 Å². The highest BCUT2D eigenvalue weighted by Crippen LogP contribution is 2.29. The number of amides is 3. The van der Waals surface area contributed by atoms with E-state index in [1.54, 1.807) is 11.1 Å². The first-order valence-electron chi connectivity index (χ1n) is 9.59. The van der Waals surface area contributed by atoms with Gasteiger partial charge in [0.2, 0.25) is 5.91 Å². The van der Waals surface area contributed by atoms with Gasteiger partial charge in [0, 0.05) is 25.0 Å². The number of hydrogen-bond acceptors (Lipinski definition) is 3. The maximum Gasteiger partial charge on any atom is 0.318 e. The Labute approximate surface area is 148 Å². The standard InChI is InChI=1S/C18H27N5O2/c24-17(20-13-8-9-13)16-7-3-11-22(16)18(25)21-14-5-1-2-6-15(14)23-12-4-10-19-23/h4,10,12-16H,1-3,5-9,11H2,(H,20,24)(H,21,25). The molecule has 1 aromatic heterocycles. The maximum absolute atomic E-state index is 12.9. The summed E-state index contributed by atoms with van der Waals surface area (Å²) in [5, 5.41) is 10.6. The molecule has 2 heterocycles. The maximum atomic E-state index is 12.9. The molecule has 25 heavy (non-hydrogen) atoms. The molecule has 1 aromatic rings. The molecule has 3 aliphatic rings. The van der Waals surface area contributed by atoms with Crippen LogP contribution in [-0.4, -0.2) is 51.3 Å². The lowest BCUT2D eigenvalue weighted by Crippen LogP contribution is -2.53. The van der Waals surface area contributed by atoms with E-state index in [0.29, 0.717) is 12.6 Å². The number of nitrogens with zero attached hydrogens (tertiary/aromatic N) is 3. The van der Waals surface area contributed by atoms with Crippen molar-refractivity contribution in [3.63, 3.8) is 0 Å². The highest BCUT2D eigenvalue weighted by molar-refractivity contribution is 5.88. The number of likely N-dealkylation sites (tertiary alicyclic amines) is 1. The summed E-state index contributed by atoms with van der Waals surface area (Å²) < 4.78 is 1.96. The lowest BCUT2D eigenvalue weighted by molar-refractivity contribution is -0.124. The largest absolute Gasteiger partial charge is 0.352 e. The summed E-state index contributed by atoms with van der Waals surface area (Å²) in [5.41, 5.74) is 0. The van der Waals surface area contributed by atoms with Gasteiger partial charge in [-0.2, -0.15) is 5.10 Å². The molecule has 3 fully saturated rings. The fourth-order valence-corrected chi connectivity index (χ4v) is 4.12. The van der Waals surface area contributed by atoms with Gasteiger partial charge in [0.15, 0.2) is 0 Å². The number of carbonyl (C=O) groups is 2. The van der Waals surface area contributed by atoms with Crippen LogP contribution in [0.3, 0.4) is 0 Å². The normalized spacial score (nSPS) is 29.4. The van der Waals surface area contributed by atoms with Crippen LogP contribution in [0.1, 0.15) is 57.4 Å². The van der Waals surface area contributed by atoms with Crippen LogP contribution in [0.25, 0.3) is 0 Å². The Hall–Kier alpha value is -2.05. The van der Waals surface area contributed by atoms with Crippen LogP contribution in [0.4, 0.5) is 4.79 Å². The van der Waals surface area contributed by atoms with Crippen LogP contribution < -0.4 is 10.6 Å². The van der Waals surface area contributed by atoms with Crippen molar-refractivity contribution in [1.29, 1.82) is 0 Å². The van der Waals surface area contributed by atoms with E-state index < -0.39 is 0 Å². The number of rotatable bonds is 4. The first-order valence-corrected chi connectivity index (χ1v) is 9.59. The van der Waals surface area contributed by atoms with Gasteiger partial charge in [-0.25, -0.2) is 4.79 Å². The van der Waals surface area contributed by atoms with E-state index in [4.69, 9.17) is 0 Å². The zero-order chi connectivity index (χ0) is 17.2. The fraction of sp³-hybridized carbons (Fsp3) is 0.722. The first-order chi connectivity index (χ1) is 12.2. The molecule has 136 valence electrons.